The van der Waals surface area contributed by atoms with E-state index in [4.69, 9.17) is 23.6 Å². The van der Waals surface area contributed by atoms with E-state index in [0.29, 0.717) is 26.1 Å². The summed E-state index contributed by atoms with van der Waals surface area (Å²) in [5.74, 6) is 0.633. The summed E-state index contributed by atoms with van der Waals surface area (Å²) in [6.45, 7) is 15.1. The smallest absolute Gasteiger partial charge is 0.264 e. The molecule has 0 saturated carbocycles. The van der Waals surface area contributed by atoms with E-state index in [0.717, 1.165) is 60.2 Å². The average molecular weight is 607 g/mol. The lowest BCUT2D eigenvalue weighted by molar-refractivity contribution is -0.0365. The molecule has 0 amide bonds. The first-order valence-electron chi connectivity index (χ1n) is 14.7. The first-order valence-corrected chi connectivity index (χ1v) is 19.2. The quantitative estimate of drug-likeness (QED) is 0.131. The van der Waals surface area contributed by atoms with Crippen molar-refractivity contribution in [3.63, 3.8) is 0 Å². The number of rotatable bonds is 13. The van der Waals surface area contributed by atoms with Gasteiger partial charge < -0.3 is 13.9 Å². The molecular formula is C29H46N4O6SSi. The van der Waals surface area contributed by atoms with Crippen molar-refractivity contribution in [3.8, 4) is 17.0 Å². The second kappa shape index (κ2) is 12.9. The summed E-state index contributed by atoms with van der Waals surface area (Å²) in [7, 11) is -5.92. The third-order valence-electron chi connectivity index (χ3n) is 8.23. The Morgan fingerprint density at radius 2 is 1.98 bits per heavy atom. The molecule has 12 heteroatoms. The molecule has 3 aromatic rings. The maximum absolute atomic E-state index is 10.8. The number of hydrogen-bond donors (Lipinski definition) is 1. The molecule has 41 heavy (non-hydrogen) atoms. The van der Waals surface area contributed by atoms with Crippen molar-refractivity contribution in [2.45, 2.75) is 96.6 Å². The van der Waals surface area contributed by atoms with Gasteiger partial charge in [-0.3, -0.25) is 9.23 Å². The van der Waals surface area contributed by atoms with Crippen molar-refractivity contribution in [3.05, 3.63) is 30.6 Å². The van der Waals surface area contributed by atoms with Crippen molar-refractivity contribution in [2.75, 3.05) is 25.6 Å². The van der Waals surface area contributed by atoms with Gasteiger partial charge in [-0.15, -0.1) is 0 Å². The molecule has 1 fully saturated rings. The fourth-order valence-corrected chi connectivity index (χ4v) is 6.25. The summed E-state index contributed by atoms with van der Waals surface area (Å²) in [6, 6.07) is 6.39. The van der Waals surface area contributed by atoms with E-state index in [1.165, 1.54) is 0 Å². The minimum atomic E-state index is -3.91. The van der Waals surface area contributed by atoms with Gasteiger partial charge in [0.1, 0.15) is 11.4 Å². The van der Waals surface area contributed by atoms with Gasteiger partial charge in [0.05, 0.1) is 23.5 Å². The Morgan fingerprint density at radius 3 is 2.66 bits per heavy atom. The highest BCUT2D eigenvalue weighted by Gasteiger charge is 2.39. The number of benzene rings is 1. The summed E-state index contributed by atoms with van der Waals surface area (Å²) < 4.78 is 52.9. The van der Waals surface area contributed by atoms with Crippen molar-refractivity contribution < 1.29 is 26.9 Å². The summed E-state index contributed by atoms with van der Waals surface area (Å²) >= 11 is 0. The van der Waals surface area contributed by atoms with E-state index in [1.807, 2.05) is 21.8 Å². The minimum absolute atomic E-state index is 0.0873. The van der Waals surface area contributed by atoms with Crippen LogP contribution < -0.4 is 4.43 Å². The van der Waals surface area contributed by atoms with Crippen LogP contribution in [0.25, 0.3) is 22.2 Å². The molecule has 228 valence electrons. The topological polar surface area (TPSA) is 118 Å². The van der Waals surface area contributed by atoms with Crippen molar-refractivity contribution in [1.82, 2.24) is 19.6 Å². The molecule has 1 saturated heterocycles. The van der Waals surface area contributed by atoms with Gasteiger partial charge in [-0.2, -0.15) is 18.6 Å². The molecule has 2 unspecified atom stereocenters. The third kappa shape index (κ3) is 8.19. The van der Waals surface area contributed by atoms with Gasteiger partial charge in [-0.05, 0) is 81.8 Å². The van der Waals surface area contributed by atoms with Crippen LogP contribution in [0.3, 0.4) is 0 Å². The maximum Gasteiger partial charge on any atom is 0.264 e. The standard InChI is InChI=1S/C29H46N4O6SSi/c1-22(14-17-37-15-9-10-18-40(34,35)36)32-21-23(20-30-32)28-25-19-24(39-41(5,6)29(2,3)4)12-13-26(25)33(31-28)27-11-7-8-16-38-27/h12-13,19-22,27H,7-11,14-18H2,1-6H3,(H,34,35,36). The first-order chi connectivity index (χ1) is 19.2. The highest BCUT2D eigenvalue weighted by molar-refractivity contribution is 7.85. The second-order valence-electron chi connectivity index (χ2n) is 12.6. The van der Waals surface area contributed by atoms with E-state index in [2.05, 4.69) is 64.1 Å². The molecule has 0 radical (unpaired) electrons. The summed E-state index contributed by atoms with van der Waals surface area (Å²) in [4.78, 5) is 0. The van der Waals surface area contributed by atoms with E-state index >= 15 is 0 Å². The highest BCUT2D eigenvalue weighted by atomic mass is 32.2. The number of unbranched alkanes of at least 4 members (excludes halogenated alkanes) is 1. The number of fused-ring (bicyclic) bond motifs is 1. The second-order valence-corrected chi connectivity index (χ2v) is 18.9. The molecule has 3 heterocycles. The maximum atomic E-state index is 10.8. The molecule has 1 aliphatic heterocycles. The van der Waals surface area contributed by atoms with Gasteiger partial charge in [0.25, 0.3) is 10.1 Å². The van der Waals surface area contributed by atoms with Crippen LogP contribution in [0.4, 0.5) is 0 Å². The third-order valence-corrected chi connectivity index (χ3v) is 13.4. The van der Waals surface area contributed by atoms with Crippen LogP contribution in [0.2, 0.25) is 18.1 Å². The average Bonchev–Trinajstić information content (AvgIpc) is 3.52. The number of hydrogen-bond acceptors (Lipinski definition) is 7. The lowest BCUT2D eigenvalue weighted by Gasteiger charge is -2.36. The van der Waals surface area contributed by atoms with Crippen LogP contribution in [0, 0.1) is 0 Å². The van der Waals surface area contributed by atoms with E-state index in [1.54, 1.807) is 0 Å². The van der Waals surface area contributed by atoms with Crippen LogP contribution >= 0.6 is 0 Å². The van der Waals surface area contributed by atoms with Crippen molar-refractivity contribution in [2.24, 2.45) is 0 Å². The van der Waals surface area contributed by atoms with Gasteiger partial charge in [0, 0.05) is 37.0 Å². The number of nitrogens with zero attached hydrogens (tertiary/aromatic N) is 4. The molecule has 1 aromatic carbocycles. The normalized spacial score (nSPS) is 17.7. The van der Waals surface area contributed by atoms with Crippen molar-refractivity contribution in [1.29, 1.82) is 0 Å². The zero-order valence-corrected chi connectivity index (χ0v) is 27.1. The Labute approximate surface area is 245 Å². The predicted molar refractivity (Wildman–Crippen MR) is 163 cm³/mol. The largest absolute Gasteiger partial charge is 0.543 e. The Kier molecular flexibility index (Phi) is 10.0. The summed E-state index contributed by atoms with van der Waals surface area (Å²) in [5.41, 5.74) is 2.83. The Bertz CT molecular complexity index is 1410. The molecule has 0 spiro atoms. The van der Waals surface area contributed by atoms with Gasteiger partial charge in [-0.1, -0.05) is 20.8 Å². The monoisotopic (exact) mass is 606 g/mol. The fourth-order valence-electron chi connectivity index (χ4n) is 4.66. The Balaban J connectivity index is 1.51. The van der Waals surface area contributed by atoms with Crippen LogP contribution in [0.15, 0.2) is 30.6 Å². The Hall–Kier alpha value is -2.25. The summed E-state index contributed by atoms with van der Waals surface area (Å²) in [5, 5.41) is 10.8. The molecule has 10 nitrogen and oxygen atoms in total. The number of aromatic nitrogens is 4. The lowest BCUT2D eigenvalue weighted by Crippen LogP contribution is -2.43. The highest BCUT2D eigenvalue weighted by Crippen LogP contribution is 2.40. The molecular weight excluding hydrogens is 560 g/mol. The molecule has 1 N–H and O–H groups in total. The molecule has 2 aromatic heterocycles. The van der Waals surface area contributed by atoms with Crippen LogP contribution in [0.5, 0.6) is 5.75 Å². The van der Waals surface area contributed by atoms with Crippen LogP contribution in [-0.4, -0.2) is 66.4 Å². The molecule has 4 rings (SSSR count). The van der Waals surface area contributed by atoms with Gasteiger partial charge in [0.15, 0.2) is 6.23 Å². The lowest BCUT2D eigenvalue weighted by atomic mass is 10.1. The van der Waals surface area contributed by atoms with Crippen LogP contribution in [0.1, 0.15) is 78.5 Å². The first kappa shape index (κ1) is 31.7. The van der Waals surface area contributed by atoms with Gasteiger partial charge >= 0.3 is 0 Å². The predicted octanol–water partition coefficient (Wildman–Crippen LogP) is 6.62. The molecule has 0 bridgehead atoms. The fraction of sp³-hybridized carbons (Fsp3) is 0.655. The van der Waals surface area contributed by atoms with E-state index in [9.17, 15) is 8.42 Å². The zero-order chi connectivity index (χ0) is 29.8. The summed E-state index contributed by atoms with van der Waals surface area (Å²) in [6.07, 6.45) is 8.66. The minimum Gasteiger partial charge on any atom is -0.543 e. The van der Waals surface area contributed by atoms with E-state index < -0.39 is 18.4 Å². The van der Waals surface area contributed by atoms with Gasteiger partial charge in [0.2, 0.25) is 8.32 Å². The zero-order valence-electron chi connectivity index (χ0n) is 25.3. The molecule has 2 atom stereocenters. The van der Waals surface area contributed by atoms with Crippen LogP contribution in [-0.2, 0) is 19.6 Å². The van der Waals surface area contributed by atoms with Gasteiger partial charge in [-0.25, -0.2) is 4.68 Å². The van der Waals surface area contributed by atoms with E-state index in [-0.39, 0.29) is 23.1 Å². The Morgan fingerprint density at radius 1 is 1.20 bits per heavy atom. The molecule has 1 aliphatic rings. The molecule has 0 aliphatic carbocycles. The number of ether oxygens (including phenoxy) is 2. The SMILES string of the molecule is CC(CCOCCCCS(=O)(=O)O)n1cc(-c2nn(C3CCCCO3)c3ccc(O[Si](C)(C)C(C)(C)C)cc23)cn1. The van der Waals surface area contributed by atoms with Crippen molar-refractivity contribution >= 4 is 29.3 Å².